The Hall–Kier alpha value is -3.38. The molecule has 0 saturated heterocycles. The summed E-state index contributed by atoms with van der Waals surface area (Å²) in [7, 11) is 0. The molecule has 0 aromatic heterocycles. The van der Waals surface area contributed by atoms with Crippen molar-refractivity contribution in [1.29, 1.82) is 0 Å². The van der Waals surface area contributed by atoms with Gasteiger partial charge in [0, 0.05) is 5.39 Å². The van der Waals surface area contributed by atoms with E-state index in [0.717, 1.165) is 10.4 Å². The van der Waals surface area contributed by atoms with Crippen LogP contribution in [0.5, 0.6) is 11.5 Å². The molecule has 2 heterocycles. The number of hydrazone groups is 1. The number of carbonyl (C=O) groups is 2. The van der Waals surface area contributed by atoms with E-state index in [1.165, 1.54) is 6.21 Å². The minimum absolute atomic E-state index is 0.380. The first kappa shape index (κ1) is 16.8. The molecule has 0 atom stereocenters. The lowest BCUT2D eigenvalue weighted by atomic mass is 9.95. The van der Waals surface area contributed by atoms with Crippen molar-refractivity contribution in [3.63, 3.8) is 0 Å². The smallest absolute Gasteiger partial charge is 0.282 e. The Kier molecular flexibility index (Phi) is 3.80. The van der Waals surface area contributed by atoms with Gasteiger partial charge in [-0.2, -0.15) is 10.1 Å². The van der Waals surface area contributed by atoms with E-state index in [2.05, 4.69) is 5.10 Å². The summed E-state index contributed by atoms with van der Waals surface area (Å²) in [5.74, 6) is 0.0609. The van der Waals surface area contributed by atoms with Crippen LogP contribution in [0.1, 0.15) is 26.3 Å². The number of fused-ring (bicyclic) bond motifs is 1. The predicted molar refractivity (Wildman–Crippen MR) is 104 cm³/mol. The normalized spacial score (nSPS) is 15.5. The van der Waals surface area contributed by atoms with Crippen LogP contribution in [-0.4, -0.2) is 36.3 Å². The van der Waals surface area contributed by atoms with Crippen molar-refractivity contribution < 1.29 is 19.1 Å². The Morgan fingerprint density at radius 1 is 0.964 bits per heavy atom. The first-order valence-corrected chi connectivity index (χ1v) is 9.05. The highest BCUT2D eigenvalue weighted by molar-refractivity contribution is 6.32. The minimum Gasteiger partial charge on any atom is -0.486 e. The van der Waals surface area contributed by atoms with Crippen LogP contribution in [0.4, 0.5) is 0 Å². The molecule has 3 aromatic rings. The molecular formula is C21H13ClN2O4. The Morgan fingerprint density at radius 2 is 1.64 bits per heavy atom. The fourth-order valence-corrected chi connectivity index (χ4v) is 3.73. The number of hydrogen-bond acceptors (Lipinski definition) is 5. The number of hydrogen-bond donors (Lipinski definition) is 0. The number of halogens is 1. The van der Waals surface area contributed by atoms with E-state index in [1.807, 2.05) is 12.1 Å². The summed E-state index contributed by atoms with van der Waals surface area (Å²) in [6.07, 6.45) is 1.41. The number of rotatable bonds is 2. The van der Waals surface area contributed by atoms with Gasteiger partial charge in [-0.1, -0.05) is 35.9 Å². The Bertz CT molecular complexity index is 1140. The van der Waals surface area contributed by atoms with Gasteiger partial charge in [-0.3, -0.25) is 9.59 Å². The molecule has 28 heavy (non-hydrogen) atoms. The molecule has 0 N–H and O–H groups in total. The number of ether oxygens (including phenoxy) is 2. The van der Waals surface area contributed by atoms with Gasteiger partial charge < -0.3 is 9.47 Å². The van der Waals surface area contributed by atoms with E-state index in [0.29, 0.717) is 51.8 Å². The second kappa shape index (κ2) is 6.35. The largest absolute Gasteiger partial charge is 0.486 e. The Morgan fingerprint density at radius 3 is 2.36 bits per heavy atom. The van der Waals surface area contributed by atoms with Crippen molar-refractivity contribution in [2.75, 3.05) is 13.2 Å². The number of amides is 2. The zero-order valence-corrected chi connectivity index (χ0v) is 15.3. The van der Waals surface area contributed by atoms with Crippen LogP contribution in [0, 0.1) is 0 Å². The second-order valence-electron chi connectivity index (χ2n) is 6.40. The van der Waals surface area contributed by atoms with E-state index in [1.54, 1.807) is 36.4 Å². The summed E-state index contributed by atoms with van der Waals surface area (Å²) in [4.78, 5) is 25.7. The monoisotopic (exact) mass is 392 g/mol. The molecule has 2 aliphatic heterocycles. The zero-order valence-electron chi connectivity index (χ0n) is 14.5. The van der Waals surface area contributed by atoms with Gasteiger partial charge in [0.25, 0.3) is 11.8 Å². The molecule has 7 heteroatoms. The highest BCUT2D eigenvalue weighted by Crippen LogP contribution is 2.38. The third-order valence-corrected chi connectivity index (χ3v) is 4.97. The van der Waals surface area contributed by atoms with Gasteiger partial charge in [-0.25, -0.2) is 0 Å². The van der Waals surface area contributed by atoms with Crippen molar-refractivity contribution >= 4 is 40.4 Å². The molecule has 0 bridgehead atoms. The maximum absolute atomic E-state index is 12.9. The Labute approximate surface area is 164 Å². The predicted octanol–water partition coefficient (Wildman–Crippen LogP) is 3.89. The van der Waals surface area contributed by atoms with Gasteiger partial charge in [0.1, 0.15) is 13.2 Å². The average molecular weight is 393 g/mol. The molecule has 0 saturated carbocycles. The van der Waals surface area contributed by atoms with Crippen LogP contribution < -0.4 is 9.47 Å². The van der Waals surface area contributed by atoms with Gasteiger partial charge in [0.2, 0.25) is 0 Å². The van der Waals surface area contributed by atoms with E-state index < -0.39 is 11.8 Å². The fraction of sp³-hybridized carbons (Fsp3) is 0.0952. The summed E-state index contributed by atoms with van der Waals surface area (Å²) in [5, 5.41) is 6.91. The van der Waals surface area contributed by atoms with Crippen LogP contribution in [-0.2, 0) is 0 Å². The maximum Gasteiger partial charge on any atom is 0.282 e. The molecule has 138 valence electrons. The zero-order chi connectivity index (χ0) is 19.3. The molecule has 5 rings (SSSR count). The summed E-state index contributed by atoms with van der Waals surface area (Å²) in [6.45, 7) is 0.857. The molecule has 0 aliphatic carbocycles. The molecule has 2 aliphatic rings. The number of benzene rings is 3. The third kappa shape index (κ3) is 2.53. The van der Waals surface area contributed by atoms with Crippen molar-refractivity contribution in [2.45, 2.75) is 0 Å². The third-order valence-electron chi connectivity index (χ3n) is 4.69. The summed E-state index contributed by atoms with van der Waals surface area (Å²) < 4.78 is 11.0. The first-order chi connectivity index (χ1) is 13.6. The maximum atomic E-state index is 12.9. The molecule has 0 spiro atoms. The van der Waals surface area contributed by atoms with Gasteiger partial charge in [-0.15, -0.1) is 0 Å². The molecule has 0 fully saturated rings. The molecule has 2 amide bonds. The van der Waals surface area contributed by atoms with Gasteiger partial charge in [0.15, 0.2) is 11.5 Å². The van der Waals surface area contributed by atoms with Crippen molar-refractivity contribution in [3.8, 4) is 11.5 Å². The van der Waals surface area contributed by atoms with Gasteiger partial charge in [-0.05, 0) is 35.2 Å². The number of nitrogens with zero attached hydrogens (tertiary/aromatic N) is 2. The number of carbonyl (C=O) groups excluding carboxylic acids is 2. The molecule has 0 radical (unpaired) electrons. The summed E-state index contributed by atoms with van der Waals surface area (Å²) in [6, 6.07) is 14.1. The van der Waals surface area contributed by atoms with Gasteiger partial charge >= 0.3 is 0 Å². The number of imide groups is 1. The first-order valence-electron chi connectivity index (χ1n) is 8.67. The van der Waals surface area contributed by atoms with Gasteiger partial charge in [0.05, 0.1) is 22.4 Å². The average Bonchev–Trinajstić information content (AvgIpc) is 2.72. The van der Waals surface area contributed by atoms with Crippen LogP contribution >= 0.6 is 11.6 Å². The molecule has 0 unspecified atom stereocenters. The topological polar surface area (TPSA) is 68.2 Å². The van der Waals surface area contributed by atoms with Crippen molar-refractivity contribution in [3.05, 3.63) is 70.2 Å². The lowest BCUT2D eigenvalue weighted by molar-refractivity contribution is 0.0616. The molecular weight excluding hydrogens is 380 g/mol. The summed E-state index contributed by atoms with van der Waals surface area (Å²) in [5.41, 5.74) is 1.49. The highest BCUT2D eigenvalue weighted by Gasteiger charge is 2.32. The molecule has 3 aromatic carbocycles. The van der Waals surface area contributed by atoms with E-state index in [9.17, 15) is 9.59 Å². The minimum atomic E-state index is -0.464. The lowest BCUT2D eigenvalue weighted by Crippen LogP contribution is -2.36. The van der Waals surface area contributed by atoms with Crippen LogP contribution in [0.3, 0.4) is 0 Å². The van der Waals surface area contributed by atoms with Crippen LogP contribution in [0.2, 0.25) is 5.02 Å². The lowest BCUT2D eigenvalue weighted by Gasteiger charge is -2.23. The summed E-state index contributed by atoms with van der Waals surface area (Å²) >= 11 is 6.23. The second-order valence-corrected chi connectivity index (χ2v) is 6.81. The van der Waals surface area contributed by atoms with Crippen molar-refractivity contribution in [2.24, 2.45) is 5.10 Å². The van der Waals surface area contributed by atoms with E-state index in [-0.39, 0.29) is 0 Å². The quantitative estimate of drug-likeness (QED) is 0.490. The molecule has 6 nitrogen and oxygen atoms in total. The van der Waals surface area contributed by atoms with Crippen molar-refractivity contribution in [1.82, 2.24) is 5.01 Å². The highest BCUT2D eigenvalue weighted by atomic mass is 35.5. The standard InChI is InChI=1S/C21H13ClN2O4/c22-16-9-12(10-17-19(16)28-8-7-27-17)11-23-24-20(25)14-5-1-3-13-4-2-6-15(18(13)14)21(24)26/h1-6,9-11H,7-8H2/b23-11-. The van der Waals surface area contributed by atoms with E-state index >= 15 is 0 Å². The SMILES string of the molecule is O=C1c2cccc3cccc(c23)C(=O)N1/N=C\c1cc(Cl)c2c(c1)OCCO2. The fourth-order valence-electron chi connectivity index (χ4n) is 3.45. The van der Waals surface area contributed by atoms with Crippen LogP contribution in [0.15, 0.2) is 53.6 Å². The Balaban J connectivity index is 1.54. The van der Waals surface area contributed by atoms with Crippen LogP contribution in [0.25, 0.3) is 10.8 Å². The van der Waals surface area contributed by atoms with E-state index in [4.69, 9.17) is 21.1 Å².